The first kappa shape index (κ1) is 12.4. The molecule has 0 spiro atoms. The average Bonchev–Trinajstić information content (AvgIpc) is 2.24. The minimum absolute atomic E-state index is 0.280. The van der Waals surface area contributed by atoms with Crippen molar-refractivity contribution < 1.29 is 10.2 Å². The Kier molecular flexibility index (Phi) is 3.17. The van der Waals surface area contributed by atoms with Gasteiger partial charge >= 0.3 is 0 Å². The highest BCUT2D eigenvalue weighted by molar-refractivity contribution is 5.28. The molecule has 1 aromatic carbocycles. The first-order valence-electron chi connectivity index (χ1n) is 6.39. The molecule has 2 N–H and O–H groups in total. The highest BCUT2D eigenvalue weighted by Gasteiger charge is 2.36. The van der Waals surface area contributed by atoms with E-state index in [1.54, 1.807) is 12.1 Å². The van der Waals surface area contributed by atoms with E-state index in [9.17, 15) is 10.2 Å². The summed E-state index contributed by atoms with van der Waals surface area (Å²) in [6.45, 7) is 4.53. The monoisotopic (exact) mass is 234 g/mol. The van der Waals surface area contributed by atoms with Gasteiger partial charge in [0.25, 0.3) is 0 Å². The standard InChI is InChI=1S/C15H22O2/c1-14(2)6-8-15(17,9-7-14)11-12-4-3-5-13(16)10-12/h3-5,10,16-17H,6-9,11H2,1-2H3. The van der Waals surface area contributed by atoms with E-state index in [0.29, 0.717) is 11.8 Å². The zero-order valence-corrected chi connectivity index (χ0v) is 10.7. The third-order valence-corrected chi connectivity index (χ3v) is 3.98. The Bertz CT molecular complexity index is 386. The molecule has 2 nitrogen and oxygen atoms in total. The number of phenols is 1. The van der Waals surface area contributed by atoms with Gasteiger partial charge in [-0.3, -0.25) is 0 Å². The van der Waals surface area contributed by atoms with Gasteiger partial charge in [0.2, 0.25) is 0 Å². The van der Waals surface area contributed by atoms with Gasteiger partial charge in [-0.05, 0) is 48.8 Å². The lowest BCUT2D eigenvalue weighted by Crippen LogP contribution is -2.38. The van der Waals surface area contributed by atoms with Gasteiger partial charge in [-0.1, -0.05) is 26.0 Å². The zero-order chi connectivity index (χ0) is 12.5. The van der Waals surface area contributed by atoms with Crippen molar-refractivity contribution in [3.63, 3.8) is 0 Å². The van der Waals surface area contributed by atoms with E-state index in [2.05, 4.69) is 13.8 Å². The van der Waals surface area contributed by atoms with Crippen molar-refractivity contribution in [3.05, 3.63) is 29.8 Å². The van der Waals surface area contributed by atoms with Crippen molar-refractivity contribution in [2.75, 3.05) is 0 Å². The van der Waals surface area contributed by atoms with Gasteiger partial charge in [0, 0.05) is 6.42 Å². The normalized spacial score (nSPS) is 22.3. The van der Waals surface area contributed by atoms with Gasteiger partial charge in [0.15, 0.2) is 0 Å². The van der Waals surface area contributed by atoms with Crippen molar-refractivity contribution in [1.29, 1.82) is 0 Å². The van der Waals surface area contributed by atoms with Crippen molar-refractivity contribution in [1.82, 2.24) is 0 Å². The lowest BCUT2D eigenvalue weighted by molar-refractivity contribution is -0.0251. The number of rotatable bonds is 2. The van der Waals surface area contributed by atoms with Gasteiger partial charge in [0.1, 0.15) is 5.75 Å². The van der Waals surface area contributed by atoms with E-state index in [0.717, 1.165) is 31.2 Å². The number of aliphatic hydroxyl groups is 1. The summed E-state index contributed by atoms with van der Waals surface area (Å²) in [7, 11) is 0. The van der Waals surface area contributed by atoms with Crippen LogP contribution in [0.4, 0.5) is 0 Å². The predicted octanol–water partition coefficient (Wildman–Crippen LogP) is 3.27. The quantitative estimate of drug-likeness (QED) is 0.824. The second kappa shape index (κ2) is 4.34. The van der Waals surface area contributed by atoms with Gasteiger partial charge in [-0.15, -0.1) is 0 Å². The molecule has 0 amide bonds. The minimum atomic E-state index is -0.580. The van der Waals surface area contributed by atoms with Crippen LogP contribution in [-0.2, 0) is 6.42 Å². The molecular formula is C15H22O2. The van der Waals surface area contributed by atoms with Gasteiger partial charge < -0.3 is 10.2 Å². The van der Waals surface area contributed by atoms with Crippen LogP contribution in [0.3, 0.4) is 0 Å². The molecule has 2 rings (SSSR count). The maximum atomic E-state index is 10.6. The second-order valence-electron chi connectivity index (χ2n) is 6.24. The molecule has 1 saturated carbocycles. The lowest BCUT2D eigenvalue weighted by atomic mass is 9.69. The molecule has 1 fully saturated rings. The molecule has 0 bridgehead atoms. The van der Waals surface area contributed by atoms with Crippen molar-refractivity contribution in [2.45, 2.75) is 51.6 Å². The summed E-state index contributed by atoms with van der Waals surface area (Å²) in [4.78, 5) is 0. The van der Waals surface area contributed by atoms with Gasteiger partial charge in [-0.25, -0.2) is 0 Å². The molecule has 1 aliphatic carbocycles. The fraction of sp³-hybridized carbons (Fsp3) is 0.600. The average molecular weight is 234 g/mol. The van der Waals surface area contributed by atoms with E-state index in [1.165, 1.54) is 0 Å². The molecule has 2 heteroatoms. The molecule has 0 unspecified atom stereocenters. The number of benzene rings is 1. The van der Waals surface area contributed by atoms with Crippen LogP contribution in [0, 0.1) is 5.41 Å². The summed E-state index contributed by atoms with van der Waals surface area (Å²) in [5.41, 5.74) is 0.807. The third-order valence-electron chi connectivity index (χ3n) is 3.98. The molecule has 0 aromatic heterocycles. The van der Waals surface area contributed by atoms with Crippen LogP contribution in [0.15, 0.2) is 24.3 Å². The third kappa shape index (κ3) is 3.22. The van der Waals surface area contributed by atoms with Crippen LogP contribution < -0.4 is 0 Å². The Morgan fingerprint density at radius 2 is 1.76 bits per heavy atom. The molecule has 0 radical (unpaired) electrons. The number of hydrogen-bond donors (Lipinski definition) is 2. The maximum absolute atomic E-state index is 10.6. The highest BCUT2D eigenvalue weighted by Crippen LogP contribution is 2.41. The SMILES string of the molecule is CC1(C)CCC(O)(Cc2cccc(O)c2)CC1. The smallest absolute Gasteiger partial charge is 0.115 e. The molecule has 94 valence electrons. The van der Waals surface area contributed by atoms with Crippen LogP contribution in [0.5, 0.6) is 5.75 Å². The van der Waals surface area contributed by atoms with E-state index in [4.69, 9.17) is 0 Å². The molecule has 17 heavy (non-hydrogen) atoms. The summed E-state index contributed by atoms with van der Waals surface area (Å²) < 4.78 is 0. The summed E-state index contributed by atoms with van der Waals surface area (Å²) >= 11 is 0. The first-order chi connectivity index (χ1) is 7.89. The number of phenolic OH excluding ortho intramolecular Hbond substituents is 1. The molecule has 0 atom stereocenters. The number of aromatic hydroxyl groups is 1. The molecule has 0 heterocycles. The summed E-state index contributed by atoms with van der Waals surface area (Å²) in [6, 6.07) is 7.22. The van der Waals surface area contributed by atoms with Crippen LogP contribution in [0.1, 0.15) is 45.1 Å². The minimum Gasteiger partial charge on any atom is -0.508 e. The summed E-state index contributed by atoms with van der Waals surface area (Å²) in [5, 5.41) is 20.0. The topological polar surface area (TPSA) is 40.5 Å². The molecule has 0 aliphatic heterocycles. The molecule has 0 saturated heterocycles. The van der Waals surface area contributed by atoms with Gasteiger partial charge in [0.05, 0.1) is 5.60 Å². The maximum Gasteiger partial charge on any atom is 0.115 e. The van der Waals surface area contributed by atoms with Gasteiger partial charge in [-0.2, -0.15) is 0 Å². The zero-order valence-electron chi connectivity index (χ0n) is 10.7. The largest absolute Gasteiger partial charge is 0.508 e. The Balaban J connectivity index is 2.04. The number of hydrogen-bond acceptors (Lipinski definition) is 2. The van der Waals surface area contributed by atoms with Crippen molar-refractivity contribution in [3.8, 4) is 5.75 Å². The van der Waals surface area contributed by atoms with Crippen molar-refractivity contribution in [2.24, 2.45) is 5.41 Å². The summed E-state index contributed by atoms with van der Waals surface area (Å²) in [6.07, 6.45) is 4.51. The summed E-state index contributed by atoms with van der Waals surface area (Å²) in [5.74, 6) is 0.280. The Labute approximate surface area is 103 Å². The predicted molar refractivity (Wildman–Crippen MR) is 69.0 cm³/mol. The highest BCUT2D eigenvalue weighted by atomic mass is 16.3. The Morgan fingerprint density at radius 3 is 2.35 bits per heavy atom. The fourth-order valence-electron chi connectivity index (χ4n) is 2.62. The van der Waals surface area contributed by atoms with Crippen LogP contribution in [0.25, 0.3) is 0 Å². The Hall–Kier alpha value is -1.02. The lowest BCUT2D eigenvalue weighted by Gasteiger charge is -2.40. The molecular weight excluding hydrogens is 212 g/mol. The van der Waals surface area contributed by atoms with Crippen LogP contribution in [-0.4, -0.2) is 15.8 Å². The van der Waals surface area contributed by atoms with E-state index >= 15 is 0 Å². The van der Waals surface area contributed by atoms with Crippen LogP contribution >= 0.6 is 0 Å². The van der Waals surface area contributed by atoms with E-state index < -0.39 is 5.60 Å². The van der Waals surface area contributed by atoms with E-state index in [-0.39, 0.29) is 5.75 Å². The Morgan fingerprint density at radius 1 is 1.12 bits per heavy atom. The first-order valence-corrected chi connectivity index (χ1v) is 6.39. The second-order valence-corrected chi connectivity index (χ2v) is 6.24. The fourth-order valence-corrected chi connectivity index (χ4v) is 2.62. The van der Waals surface area contributed by atoms with Crippen molar-refractivity contribution >= 4 is 0 Å². The molecule has 1 aliphatic rings. The van der Waals surface area contributed by atoms with Crippen LogP contribution in [0.2, 0.25) is 0 Å². The molecule has 1 aromatic rings. The van der Waals surface area contributed by atoms with E-state index in [1.807, 2.05) is 12.1 Å².